The van der Waals surface area contributed by atoms with Gasteiger partial charge in [-0.2, -0.15) is 5.10 Å². The molecule has 37 heavy (non-hydrogen) atoms. The van der Waals surface area contributed by atoms with Crippen LogP contribution in [0.15, 0.2) is 77.5 Å². The molecule has 184 valence electrons. The molecule has 0 bridgehead atoms. The second-order valence-electron chi connectivity index (χ2n) is 8.97. The van der Waals surface area contributed by atoms with Gasteiger partial charge in [0.2, 0.25) is 0 Å². The lowest BCUT2D eigenvalue weighted by molar-refractivity contribution is 0.0672. The second kappa shape index (κ2) is 9.15. The molecule has 2 aromatic carbocycles. The molecule has 0 N–H and O–H groups in total. The quantitative estimate of drug-likeness (QED) is 0.262. The minimum atomic E-state index is -0.525. The highest BCUT2D eigenvalue weighted by molar-refractivity contribution is 9.10. The van der Waals surface area contributed by atoms with Gasteiger partial charge in [0.1, 0.15) is 17.3 Å². The van der Waals surface area contributed by atoms with Gasteiger partial charge in [0.25, 0.3) is 5.91 Å². The maximum atomic E-state index is 14.7. The number of halogens is 3. The molecule has 4 heterocycles. The van der Waals surface area contributed by atoms with E-state index in [1.807, 2.05) is 25.1 Å². The average Bonchev–Trinajstić information content (AvgIpc) is 3.32. The Morgan fingerprint density at radius 1 is 1.05 bits per heavy atom. The van der Waals surface area contributed by atoms with Gasteiger partial charge >= 0.3 is 0 Å². The van der Waals surface area contributed by atoms with Crippen molar-refractivity contribution in [1.82, 2.24) is 24.5 Å². The Hall–Kier alpha value is -3.98. The summed E-state index contributed by atoms with van der Waals surface area (Å²) in [5.41, 5.74) is 4.34. The van der Waals surface area contributed by atoms with Gasteiger partial charge in [-0.25, -0.2) is 18.3 Å². The lowest BCUT2D eigenvalue weighted by Gasteiger charge is -2.35. The molecule has 0 radical (unpaired) electrons. The fourth-order valence-corrected chi connectivity index (χ4v) is 5.20. The first-order chi connectivity index (χ1) is 17.9. The third-order valence-electron chi connectivity index (χ3n) is 6.71. The van der Waals surface area contributed by atoms with Crippen molar-refractivity contribution in [3.8, 4) is 22.5 Å². The van der Waals surface area contributed by atoms with Crippen LogP contribution in [0.5, 0.6) is 0 Å². The van der Waals surface area contributed by atoms with Crippen LogP contribution in [-0.2, 0) is 6.42 Å². The molecule has 0 unspecified atom stereocenters. The molecule has 9 heteroatoms. The summed E-state index contributed by atoms with van der Waals surface area (Å²) in [5, 5.41) is 4.56. The Morgan fingerprint density at radius 2 is 1.89 bits per heavy atom. The number of aromatic nitrogens is 4. The van der Waals surface area contributed by atoms with Gasteiger partial charge in [0.05, 0.1) is 23.6 Å². The summed E-state index contributed by atoms with van der Waals surface area (Å²) in [7, 11) is 0. The Morgan fingerprint density at radius 3 is 2.70 bits per heavy atom. The van der Waals surface area contributed by atoms with Crippen molar-refractivity contribution < 1.29 is 13.6 Å². The molecule has 1 aliphatic rings. The molecule has 1 atom stereocenters. The van der Waals surface area contributed by atoms with E-state index in [9.17, 15) is 13.6 Å². The van der Waals surface area contributed by atoms with Crippen molar-refractivity contribution >= 4 is 27.5 Å². The van der Waals surface area contributed by atoms with Crippen LogP contribution < -0.4 is 0 Å². The summed E-state index contributed by atoms with van der Waals surface area (Å²) < 4.78 is 30.9. The number of carbonyl (C=O) groups is 1. The van der Waals surface area contributed by atoms with Gasteiger partial charge in [-0.1, -0.05) is 40.2 Å². The number of fused-ring (bicyclic) bond motifs is 2. The predicted octanol–water partition coefficient (Wildman–Crippen LogP) is 6.26. The number of rotatable bonds is 3. The zero-order valence-corrected chi connectivity index (χ0v) is 21.3. The first-order valence-electron chi connectivity index (χ1n) is 11.7. The van der Waals surface area contributed by atoms with Crippen LogP contribution in [0.1, 0.15) is 34.6 Å². The first-order valence-corrected chi connectivity index (χ1v) is 12.5. The maximum Gasteiger partial charge on any atom is 0.273 e. The average molecular weight is 560 g/mol. The smallest absolute Gasteiger partial charge is 0.273 e. The van der Waals surface area contributed by atoms with Crippen LogP contribution in [0.2, 0.25) is 0 Å². The van der Waals surface area contributed by atoms with Crippen LogP contribution >= 0.6 is 15.9 Å². The van der Waals surface area contributed by atoms with E-state index in [0.717, 1.165) is 18.2 Å². The fraction of sp³-hybridized carbons (Fsp3) is 0.143. The summed E-state index contributed by atoms with van der Waals surface area (Å²) in [4.78, 5) is 24.1. The summed E-state index contributed by atoms with van der Waals surface area (Å²) in [6.07, 6.45) is 3.34. The zero-order valence-electron chi connectivity index (χ0n) is 19.7. The van der Waals surface area contributed by atoms with Gasteiger partial charge in [-0.3, -0.25) is 9.78 Å². The number of hydrogen-bond donors (Lipinski definition) is 0. The second-order valence-corrected chi connectivity index (χ2v) is 9.88. The monoisotopic (exact) mass is 559 g/mol. The number of amides is 1. The number of pyridine rings is 1. The third-order valence-corrected chi connectivity index (χ3v) is 7.20. The summed E-state index contributed by atoms with van der Waals surface area (Å²) in [6.45, 7) is 2.55. The summed E-state index contributed by atoms with van der Waals surface area (Å²) >= 11 is 3.27. The number of hydrogen-bond acceptors (Lipinski definition) is 4. The Balaban J connectivity index is 1.49. The van der Waals surface area contributed by atoms with E-state index in [-0.39, 0.29) is 23.2 Å². The largest absolute Gasteiger partial charge is 0.330 e. The van der Waals surface area contributed by atoms with Gasteiger partial charge in [-0.05, 0) is 54.8 Å². The van der Waals surface area contributed by atoms with E-state index in [1.165, 1.54) is 28.4 Å². The van der Waals surface area contributed by atoms with Crippen molar-refractivity contribution in [3.63, 3.8) is 0 Å². The third kappa shape index (κ3) is 4.19. The van der Waals surface area contributed by atoms with Crippen LogP contribution in [0, 0.1) is 11.6 Å². The minimum absolute atomic E-state index is 0.132. The predicted molar refractivity (Wildman–Crippen MR) is 139 cm³/mol. The van der Waals surface area contributed by atoms with Crippen LogP contribution in [-0.4, -0.2) is 36.9 Å². The standard InChI is InChI=1S/C28H20BrF2N5O/c1-16-21-5-3-2-4-17(21)8-9-35(16)28(37)25-12-26(18-10-20(30)15-32-14-18)36-27(33-25)13-24(34-36)22-7-6-19(29)11-23(22)31/h2-7,10-16H,8-9H2,1H3/t16-/m1/s1. The van der Waals surface area contributed by atoms with E-state index >= 15 is 0 Å². The van der Waals surface area contributed by atoms with E-state index in [0.29, 0.717) is 33.6 Å². The number of benzene rings is 2. The van der Waals surface area contributed by atoms with Gasteiger partial charge in [0, 0.05) is 34.4 Å². The highest BCUT2D eigenvalue weighted by Crippen LogP contribution is 2.32. The molecule has 0 saturated heterocycles. The Kier molecular flexibility index (Phi) is 5.79. The van der Waals surface area contributed by atoms with Gasteiger partial charge in [-0.15, -0.1) is 0 Å². The van der Waals surface area contributed by atoms with Crippen LogP contribution in [0.3, 0.4) is 0 Å². The lowest BCUT2D eigenvalue weighted by Crippen LogP contribution is -2.39. The van der Waals surface area contributed by atoms with Gasteiger partial charge in [0.15, 0.2) is 5.65 Å². The van der Waals surface area contributed by atoms with Crippen molar-refractivity contribution in [1.29, 1.82) is 0 Å². The minimum Gasteiger partial charge on any atom is -0.330 e. The summed E-state index contributed by atoms with van der Waals surface area (Å²) in [5.74, 6) is -1.22. The van der Waals surface area contributed by atoms with E-state index < -0.39 is 11.6 Å². The van der Waals surface area contributed by atoms with E-state index in [2.05, 4.69) is 37.1 Å². The number of carbonyl (C=O) groups excluding carboxylic acids is 1. The highest BCUT2D eigenvalue weighted by Gasteiger charge is 2.29. The molecular weight excluding hydrogens is 540 g/mol. The van der Waals surface area contributed by atoms with Crippen LogP contribution in [0.25, 0.3) is 28.2 Å². The van der Waals surface area contributed by atoms with Crippen molar-refractivity contribution in [2.45, 2.75) is 19.4 Å². The number of nitrogens with zero attached hydrogens (tertiary/aromatic N) is 5. The Labute approximate surface area is 219 Å². The molecule has 0 saturated carbocycles. The summed E-state index contributed by atoms with van der Waals surface area (Å²) in [6, 6.07) is 17.2. The molecule has 0 aliphatic carbocycles. The fourth-order valence-electron chi connectivity index (χ4n) is 4.87. The SMILES string of the molecule is C[C@@H]1c2ccccc2CCN1C(=O)c1cc(-c2cncc(F)c2)n2nc(-c3ccc(Br)cc3F)cc2n1. The molecule has 0 fully saturated rings. The van der Waals surface area contributed by atoms with Crippen LogP contribution in [0.4, 0.5) is 8.78 Å². The van der Waals surface area contributed by atoms with Crippen molar-refractivity contribution in [2.24, 2.45) is 0 Å². The Bertz CT molecular complexity index is 1690. The topological polar surface area (TPSA) is 63.4 Å². The van der Waals surface area contributed by atoms with E-state index in [1.54, 1.807) is 29.2 Å². The first kappa shape index (κ1) is 23.4. The molecule has 6 rings (SSSR count). The zero-order chi connectivity index (χ0) is 25.7. The molecule has 0 spiro atoms. The molecule has 1 aliphatic heterocycles. The lowest BCUT2D eigenvalue weighted by atomic mass is 9.93. The van der Waals surface area contributed by atoms with E-state index in [4.69, 9.17) is 0 Å². The molecule has 6 nitrogen and oxygen atoms in total. The highest BCUT2D eigenvalue weighted by atomic mass is 79.9. The molecular formula is C28H20BrF2N5O. The van der Waals surface area contributed by atoms with Crippen molar-refractivity contribution in [3.05, 3.63) is 106 Å². The normalized spacial score (nSPS) is 15.1. The molecule has 5 aromatic rings. The van der Waals surface area contributed by atoms with Gasteiger partial charge < -0.3 is 4.90 Å². The van der Waals surface area contributed by atoms with Crippen molar-refractivity contribution in [2.75, 3.05) is 6.54 Å². The molecule has 1 amide bonds. The molecule has 3 aromatic heterocycles. The maximum absolute atomic E-state index is 14.7.